The summed E-state index contributed by atoms with van der Waals surface area (Å²) in [6, 6.07) is 4.36. The molecule has 0 fully saturated rings. The Morgan fingerprint density at radius 1 is 1.25 bits per heavy atom. The number of hydrogen-bond acceptors (Lipinski definition) is 3. The van der Waals surface area contributed by atoms with E-state index < -0.39 is 0 Å². The lowest BCUT2D eigenvalue weighted by Gasteiger charge is -2.18. The van der Waals surface area contributed by atoms with E-state index >= 15 is 0 Å². The molecule has 16 heavy (non-hydrogen) atoms. The van der Waals surface area contributed by atoms with Crippen LogP contribution in [0.2, 0.25) is 0 Å². The van der Waals surface area contributed by atoms with Gasteiger partial charge in [0, 0.05) is 16.3 Å². The standard InChI is InChI=1S/C13H23NOS/c1-5-8-14-9-11-6-7-12(16-11)10-15-13(2,3)4/h6-7,14H,5,8-10H2,1-4H3. The first-order valence-electron chi connectivity index (χ1n) is 5.93. The van der Waals surface area contributed by atoms with Gasteiger partial charge in [-0.25, -0.2) is 0 Å². The minimum Gasteiger partial charge on any atom is -0.370 e. The second kappa shape index (κ2) is 6.38. The van der Waals surface area contributed by atoms with E-state index in [0.29, 0.717) is 0 Å². The summed E-state index contributed by atoms with van der Waals surface area (Å²) in [5.74, 6) is 0. The van der Waals surface area contributed by atoms with E-state index in [1.807, 2.05) is 11.3 Å². The van der Waals surface area contributed by atoms with Crippen molar-refractivity contribution in [3.63, 3.8) is 0 Å². The van der Waals surface area contributed by atoms with Crippen LogP contribution >= 0.6 is 11.3 Å². The molecular weight excluding hydrogens is 218 g/mol. The number of ether oxygens (including phenoxy) is 1. The fourth-order valence-electron chi connectivity index (χ4n) is 1.27. The third kappa shape index (κ3) is 5.64. The van der Waals surface area contributed by atoms with Gasteiger partial charge in [0.05, 0.1) is 12.2 Å². The molecule has 2 nitrogen and oxygen atoms in total. The van der Waals surface area contributed by atoms with Crippen LogP contribution in [0.5, 0.6) is 0 Å². The summed E-state index contributed by atoms with van der Waals surface area (Å²) >= 11 is 1.84. The van der Waals surface area contributed by atoms with Crippen molar-refractivity contribution in [1.29, 1.82) is 0 Å². The SMILES string of the molecule is CCCNCc1ccc(COC(C)(C)C)s1. The molecule has 0 spiro atoms. The Bertz CT molecular complexity index is 301. The molecule has 1 N–H and O–H groups in total. The molecule has 1 rings (SSSR count). The highest BCUT2D eigenvalue weighted by Crippen LogP contribution is 2.19. The van der Waals surface area contributed by atoms with Crippen molar-refractivity contribution in [2.24, 2.45) is 0 Å². The average Bonchev–Trinajstić information content (AvgIpc) is 2.62. The van der Waals surface area contributed by atoms with E-state index in [-0.39, 0.29) is 5.60 Å². The predicted molar refractivity (Wildman–Crippen MR) is 70.9 cm³/mol. The van der Waals surface area contributed by atoms with Gasteiger partial charge in [0.1, 0.15) is 0 Å². The normalized spacial score (nSPS) is 12.0. The molecule has 0 saturated carbocycles. The third-order valence-electron chi connectivity index (χ3n) is 2.09. The molecule has 0 aromatic carbocycles. The Kier molecular flexibility index (Phi) is 5.46. The van der Waals surface area contributed by atoms with Gasteiger partial charge >= 0.3 is 0 Å². The summed E-state index contributed by atoms with van der Waals surface area (Å²) in [5, 5.41) is 3.41. The number of nitrogens with one attached hydrogen (secondary N) is 1. The molecule has 0 atom stereocenters. The van der Waals surface area contributed by atoms with Crippen LogP contribution in [-0.2, 0) is 17.9 Å². The molecule has 0 unspecified atom stereocenters. The lowest BCUT2D eigenvalue weighted by Crippen LogP contribution is -2.18. The fourth-order valence-corrected chi connectivity index (χ4v) is 2.17. The molecule has 0 amide bonds. The van der Waals surface area contributed by atoms with Crippen LogP contribution in [0.4, 0.5) is 0 Å². The van der Waals surface area contributed by atoms with Crippen LogP contribution in [0, 0.1) is 0 Å². The van der Waals surface area contributed by atoms with Crippen molar-refractivity contribution in [2.75, 3.05) is 6.54 Å². The molecule has 1 aromatic heterocycles. The highest BCUT2D eigenvalue weighted by atomic mass is 32.1. The van der Waals surface area contributed by atoms with Gasteiger partial charge in [-0.2, -0.15) is 0 Å². The van der Waals surface area contributed by atoms with Crippen LogP contribution in [-0.4, -0.2) is 12.1 Å². The van der Waals surface area contributed by atoms with Crippen molar-refractivity contribution < 1.29 is 4.74 Å². The zero-order valence-corrected chi connectivity index (χ0v) is 11.6. The summed E-state index contributed by atoms with van der Waals surface area (Å²) in [5.41, 5.74) is -0.0510. The minimum absolute atomic E-state index is 0.0510. The van der Waals surface area contributed by atoms with Crippen molar-refractivity contribution in [3.8, 4) is 0 Å². The first-order valence-corrected chi connectivity index (χ1v) is 6.75. The largest absolute Gasteiger partial charge is 0.370 e. The Balaban J connectivity index is 2.33. The zero-order chi connectivity index (χ0) is 12.0. The Hall–Kier alpha value is -0.380. The molecule has 0 aliphatic heterocycles. The van der Waals surface area contributed by atoms with Crippen molar-refractivity contribution >= 4 is 11.3 Å². The van der Waals surface area contributed by atoms with Gasteiger partial charge in [0.25, 0.3) is 0 Å². The molecule has 1 aromatic rings. The number of rotatable bonds is 6. The monoisotopic (exact) mass is 241 g/mol. The van der Waals surface area contributed by atoms with Crippen LogP contribution in [0.3, 0.4) is 0 Å². The van der Waals surface area contributed by atoms with E-state index in [0.717, 1.165) is 19.7 Å². The Morgan fingerprint density at radius 3 is 2.56 bits per heavy atom. The van der Waals surface area contributed by atoms with E-state index in [4.69, 9.17) is 4.74 Å². The molecular formula is C13H23NOS. The highest BCUT2D eigenvalue weighted by Gasteiger charge is 2.10. The minimum atomic E-state index is -0.0510. The van der Waals surface area contributed by atoms with E-state index in [1.54, 1.807) is 0 Å². The maximum absolute atomic E-state index is 5.74. The molecule has 0 aliphatic carbocycles. The van der Waals surface area contributed by atoms with E-state index in [1.165, 1.54) is 16.2 Å². The first-order chi connectivity index (χ1) is 7.51. The summed E-state index contributed by atoms with van der Waals surface area (Å²) in [6.45, 7) is 11.2. The van der Waals surface area contributed by atoms with Crippen molar-refractivity contribution in [1.82, 2.24) is 5.32 Å². The Morgan fingerprint density at radius 2 is 1.94 bits per heavy atom. The lowest BCUT2D eigenvalue weighted by atomic mass is 10.2. The molecule has 0 bridgehead atoms. The zero-order valence-electron chi connectivity index (χ0n) is 10.8. The summed E-state index contributed by atoms with van der Waals surface area (Å²) in [7, 11) is 0. The van der Waals surface area contributed by atoms with Crippen LogP contribution in [0.15, 0.2) is 12.1 Å². The van der Waals surface area contributed by atoms with Crippen LogP contribution in [0.25, 0.3) is 0 Å². The Labute approximate surface area is 103 Å². The fraction of sp³-hybridized carbons (Fsp3) is 0.692. The molecule has 3 heteroatoms. The molecule has 0 aliphatic rings. The van der Waals surface area contributed by atoms with Crippen LogP contribution in [0.1, 0.15) is 43.9 Å². The molecule has 1 heterocycles. The topological polar surface area (TPSA) is 21.3 Å². The molecule has 0 saturated heterocycles. The van der Waals surface area contributed by atoms with Gasteiger partial charge in [-0.15, -0.1) is 11.3 Å². The second-order valence-corrected chi connectivity index (χ2v) is 6.20. The lowest BCUT2D eigenvalue weighted by molar-refractivity contribution is -0.0136. The quantitative estimate of drug-likeness (QED) is 0.769. The van der Waals surface area contributed by atoms with Crippen molar-refractivity contribution in [3.05, 3.63) is 21.9 Å². The second-order valence-electron chi connectivity index (χ2n) is 4.95. The van der Waals surface area contributed by atoms with Crippen molar-refractivity contribution in [2.45, 2.75) is 52.9 Å². The van der Waals surface area contributed by atoms with Gasteiger partial charge in [-0.05, 0) is 45.9 Å². The number of hydrogen-bond donors (Lipinski definition) is 1. The smallest absolute Gasteiger partial charge is 0.0816 e. The summed E-state index contributed by atoms with van der Waals surface area (Å²) in [4.78, 5) is 2.70. The molecule has 92 valence electrons. The maximum atomic E-state index is 5.74. The van der Waals surface area contributed by atoms with Gasteiger partial charge in [-0.3, -0.25) is 0 Å². The van der Waals surface area contributed by atoms with Gasteiger partial charge in [-0.1, -0.05) is 6.92 Å². The maximum Gasteiger partial charge on any atom is 0.0816 e. The van der Waals surface area contributed by atoms with Gasteiger partial charge < -0.3 is 10.1 Å². The van der Waals surface area contributed by atoms with Gasteiger partial charge in [0.2, 0.25) is 0 Å². The highest BCUT2D eigenvalue weighted by molar-refractivity contribution is 7.11. The van der Waals surface area contributed by atoms with E-state index in [9.17, 15) is 0 Å². The predicted octanol–water partition coefficient (Wildman–Crippen LogP) is 3.56. The number of thiophene rings is 1. The molecule has 0 radical (unpaired) electrons. The summed E-state index contributed by atoms with van der Waals surface area (Å²) in [6.07, 6.45) is 1.19. The third-order valence-corrected chi connectivity index (χ3v) is 3.15. The average molecular weight is 241 g/mol. The summed E-state index contributed by atoms with van der Waals surface area (Å²) < 4.78 is 5.74. The van der Waals surface area contributed by atoms with Crippen LogP contribution < -0.4 is 5.32 Å². The van der Waals surface area contributed by atoms with E-state index in [2.05, 4.69) is 45.1 Å². The first kappa shape index (κ1) is 13.7. The van der Waals surface area contributed by atoms with Gasteiger partial charge in [0.15, 0.2) is 0 Å².